The van der Waals surface area contributed by atoms with Gasteiger partial charge in [0, 0.05) is 18.8 Å². The van der Waals surface area contributed by atoms with E-state index in [0.717, 1.165) is 0 Å². The zero-order chi connectivity index (χ0) is 10.8. The molecule has 2 amide bonds. The second-order valence-corrected chi connectivity index (χ2v) is 3.23. The molecule has 0 aliphatic carbocycles. The van der Waals surface area contributed by atoms with Crippen molar-refractivity contribution in [1.82, 2.24) is 0 Å². The van der Waals surface area contributed by atoms with Crippen LogP contribution in [0, 0.1) is 0 Å². The maximum absolute atomic E-state index is 10.9. The molecule has 0 bridgehead atoms. The highest BCUT2D eigenvalue weighted by Crippen LogP contribution is 2.33. The molecule has 1 aliphatic heterocycles. The van der Waals surface area contributed by atoms with Crippen LogP contribution in [0.2, 0.25) is 0 Å². The standard InChI is InChI=1S/C10H12N2O3/c1-12(10(11)13)7-2-3-8-9(6-7)15-5-4-14-8/h2-3,6H,4-5H2,1H3,(H2,11,13). The summed E-state index contributed by atoms with van der Waals surface area (Å²) in [4.78, 5) is 12.3. The minimum absolute atomic E-state index is 0.508. The maximum Gasteiger partial charge on any atom is 0.318 e. The fraction of sp³-hybridized carbons (Fsp3) is 0.300. The van der Waals surface area contributed by atoms with Gasteiger partial charge in [0.15, 0.2) is 11.5 Å². The average Bonchev–Trinajstić information content (AvgIpc) is 2.27. The first kappa shape index (κ1) is 9.64. The number of amides is 2. The summed E-state index contributed by atoms with van der Waals surface area (Å²) in [5.41, 5.74) is 5.85. The lowest BCUT2D eigenvalue weighted by Crippen LogP contribution is -2.31. The lowest BCUT2D eigenvalue weighted by Gasteiger charge is -2.21. The number of ether oxygens (including phenoxy) is 2. The summed E-state index contributed by atoms with van der Waals surface area (Å²) in [6.45, 7) is 1.08. The second-order valence-electron chi connectivity index (χ2n) is 3.23. The van der Waals surface area contributed by atoms with Gasteiger partial charge in [-0.25, -0.2) is 4.79 Å². The summed E-state index contributed by atoms with van der Waals surface area (Å²) in [6.07, 6.45) is 0. The van der Waals surface area contributed by atoms with Crippen LogP contribution in [0.3, 0.4) is 0 Å². The van der Waals surface area contributed by atoms with Crippen molar-refractivity contribution in [3.8, 4) is 11.5 Å². The topological polar surface area (TPSA) is 64.8 Å². The molecule has 15 heavy (non-hydrogen) atoms. The quantitative estimate of drug-likeness (QED) is 0.748. The van der Waals surface area contributed by atoms with Gasteiger partial charge in [0.2, 0.25) is 0 Å². The van der Waals surface area contributed by atoms with E-state index in [1.54, 1.807) is 25.2 Å². The number of primary amides is 1. The van der Waals surface area contributed by atoms with Gasteiger partial charge in [-0.1, -0.05) is 0 Å². The third kappa shape index (κ3) is 1.81. The Kier molecular flexibility index (Phi) is 2.37. The van der Waals surface area contributed by atoms with Crippen LogP contribution in [0.15, 0.2) is 18.2 Å². The predicted molar refractivity (Wildman–Crippen MR) is 55.4 cm³/mol. The van der Waals surface area contributed by atoms with Gasteiger partial charge in [0.1, 0.15) is 13.2 Å². The molecule has 0 aromatic heterocycles. The first-order valence-electron chi connectivity index (χ1n) is 4.61. The third-order valence-electron chi connectivity index (χ3n) is 2.24. The van der Waals surface area contributed by atoms with Crippen molar-refractivity contribution >= 4 is 11.7 Å². The van der Waals surface area contributed by atoms with Gasteiger partial charge in [-0.2, -0.15) is 0 Å². The van der Waals surface area contributed by atoms with Crippen molar-refractivity contribution in [2.45, 2.75) is 0 Å². The Morgan fingerprint density at radius 1 is 1.33 bits per heavy atom. The number of rotatable bonds is 1. The highest BCUT2D eigenvalue weighted by Gasteiger charge is 2.14. The van der Waals surface area contributed by atoms with Gasteiger partial charge in [-0.15, -0.1) is 0 Å². The molecule has 2 rings (SSSR count). The first-order chi connectivity index (χ1) is 7.18. The van der Waals surface area contributed by atoms with E-state index in [-0.39, 0.29) is 0 Å². The Balaban J connectivity index is 2.31. The lowest BCUT2D eigenvalue weighted by molar-refractivity contribution is 0.171. The summed E-state index contributed by atoms with van der Waals surface area (Å²) in [5.74, 6) is 1.34. The van der Waals surface area contributed by atoms with E-state index in [4.69, 9.17) is 15.2 Å². The van der Waals surface area contributed by atoms with Crippen LogP contribution in [0.5, 0.6) is 11.5 Å². The van der Waals surface area contributed by atoms with Gasteiger partial charge >= 0.3 is 6.03 Å². The molecule has 5 heteroatoms. The Labute approximate surface area is 87.4 Å². The van der Waals surface area contributed by atoms with Crippen LogP contribution >= 0.6 is 0 Å². The van der Waals surface area contributed by atoms with E-state index in [9.17, 15) is 4.79 Å². The largest absolute Gasteiger partial charge is 0.486 e. The van der Waals surface area contributed by atoms with Gasteiger partial charge < -0.3 is 15.2 Å². The van der Waals surface area contributed by atoms with E-state index in [1.807, 2.05) is 0 Å². The van der Waals surface area contributed by atoms with Crippen LogP contribution in [-0.2, 0) is 0 Å². The highest BCUT2D eigenvalue weighted by atomic mass is 16.6. The number of carbonyl (C=O) groups excluding carboxylic acids is 1. The molecule has 0 saturated carbocycles. The van der Waals surface area contributed by atoms with Crippen molar-refractivity contribution in [1.29, 1.82) is 0 Å². The Hall–Kier alpha value is -1.91. The lowest BCUT2D eigenvalue weighted by atomic mass is 10.2. The van der Waals surface area contributed by atoms with E-state index < -0.39 is 6.03 Å². The van der Waals surface area contributed by atoms with E-state index in [0.29, 0.717) is 30.4 Å². The van der Waals surface area contributed by atoms with Gasteiger partial charge in [0.25, 0.3) is 0 Å². The molecule has 1 aromatic carbocycles. The molecule has 0 spiro atoms. The fourth-order valence-electron chi connectivity index (χ4n) is 1.37. The molecule has 0 saturated heterocycles. The molecular formula is C10H12N2O3. The van der Waals surface area contributed by atoms with Crippen molar-refractivity contribution < 1.29 is 14.3 Å². The minimum atomic E-state index is -0.508. The third-order valence-corrected chi connectivity index (χ3v) is 2.24. The summed E-state index contributed by atoms with van der Waals surface area (Å²) >= 11 is 0. The number of hydrogen-bond acceptors (Lipinski definition) is 3. The number of anilines is 1. The van der Waals surface area contributed by atoms with Crippen LogP contribution in [0.1, 0.15) is 0 Å². The first-order valence-corrected chi connectivity index (χ1v) is 4.61. The van der Waals surface area contributed by atoms with Gasteiger partial charge in [0.05, 0.1) is 0 Å². The van der Waals surface area contributed by atoms with Crippen molar-refractivity contribution in [2.75, 3.05) is 25.2 Å². The van der Waals surface area contributed by atoms with Crippen LogP contribution in [0.4, 0.5) is 10.5 Å². The van der Waals surface area contributed by atoms with Crippen molar-refractivity contribution in [3.63, 3.8) is 0 Å². The molecule has 5 nitrogen and oxygen atoms in total. The van der Waals surface area contributed by atoms with Crippen LogP contribution < -0.4 is 20.1 Å². The molecule has 80 valence electrons. The number of urea groups is 1. The highest BCUT2D eigenvalue weighted by molar-refractivity contribution is 5.90. The Morgan fingerprint density at radius 2 is 2.00 bits per heavy atom. The number of nitrogens with two attached hydrogens (primary N) is 1. The summed E-state index contributed by atoms with van der Waals surface area (Å²) in [7, 11) is 1.60. The number of carbonyl (C=O) groups is 1. The monoisotopic (exact) mass is 208 g/mol. The Morgan fingerprint density at radius 3 is 2.67 bits per heavy atom. The molecular weight excluding hydrogens is 196 g/mol. The normalized spacial score (nSPS) is 13.4. The Bertz CT molecular complexity index is 392. The van der Waals surface area contributed by atoms with Crippen molar-refractivity contribution in [3.05, 3.63) is 18.2 Å². The molecule has 2 N–H and O–H groups in total. The van der Waals surface area contributed by atoms with E-state index >= 15 is 0 Å². The minimum Gasteiger partial charge on any atom is -0.486 e. The van der Waals surface area contributed by atoms with Gasteiger partial charge in [-0.3, -0.25) is 4.90 Å². The van der Waals surface area contributed by atoms with Crippen LogP contribution in [0.25, 0.3) is 0 Å². The number of hydrogen-bond donors (Lipinski definition) is 1. The fourth-order valence-corrected chi connectivity index (χ4v) is 1.37. The molecule has 1 aliphatic rings. The predicted octanol–water partition coefficient (Wildman–Crippen LogP) is 0.973. The zero-order valence-corrected chi connectivity index (χ0v) is 8.40. The molecule has 0 atom stereocenters. The molecule has 1 heterocycles. The zero-order valence-electron chi connectivity index (χ0n) is 8.40. The molecule has 0 fully saturated rings. The number of benzene rings is 1. The molecule has 1 aromatic rings. The van der Waals surface area contributed by atoms with Crippen LogP contribution in [-0.4, -0.2) is 26.3 Å². The van der Waals surface area contributed by atoms with E-state index in [2.05, 4.69) is 0 Å². The SMILES string of the molecule is CN(C(N)=O)c1ccc2c(c1)OCCO2. The molecule has 0 unspecified atom stereocenters. The summed E-state index contributed by atoms with van der Waals surface area (Å²) in [5, 5.41) is 0. The van der Waals surface area contributed by atoms with Crippen molar-refractivity contribution in [2.24, 2.45) is 5.73 Å². The maximum atomic E-state index is 10.9. The number of nitrogens with zero attached hydrogens (tertiary/aromatic N) is 1. The summed E-state index contributed by atoms with van der Waals surface area (Å²) in [6, 6.07) is 4.76. The number of fused-ring (bicyclic) bond motifs is 1. The van der Waals surface area contributed by atoms with E-state index in [1.165, 1.54) is 4.90 Å². The van der Waals surface area contributed by atoms with Gasteiger partial charge in [-0.05, 0) is 12.1 Å². The second kappa shape index (κ2) is 3.68. The smallest absolute Gasteiger partial charge is 0.318 e. The average molecular weight is 208 g/mol. The summed E-state index contributed by atoms with van der Waals surface area (Å²) < 4.78 is 10.7. The molecule has 0 radical (unpaired) electrons.